The van der Waals surface area contributed by atoms with E-state index in [2.05, 4.69) is 24.8 Å². The van der Waals surface area contributed by atoms with Gasteiger partial charge >= 0.3 is 0 Å². The van der Waals surface area contributed by atoms with E-state index in [1.54, 1.807) is 11.8 Å². The summed E-state index contributed by atoms with van der Waals surface area (Å²) < 4.78 is 0. The van der Waals surface area contributed by atoms with Gasteiger partial charge in [0.1, 0.15) is 11.6 Å². The van der Waals surface area contributed by atoms with Crippen molar-refractivity contribution in [1.82, 2.24) is 19.9 Å². The van der Waals surface area contributed by atoms with Crippen LogP contribution < -0.4 is 9.80 Å². The average molecular weight is 427 g/mol. The lowest BCUT2D eigenvalue weighted by atomic mass is 9.93. The third-order valence-electron chi connectivity index (χ3n) is 6.02. The third kappa shape index (κ3) is 5.22. The van der Waals surface area contributed by atoms with Crippen molar-refractivity contribution in [2.24, 2.45) is 5.92 Å². The monoisotopic (exact) mass is 426 g/mol. The normalized spacial score (nSPS) is 19.8. The van der Waals surface area contributed by atoms with Crippen LogP contribution in [-0.2, 0) is 4.79 Å². The lowest BCUT2D eigenvalue weighted by Gasteiger charge is -2.36. The number of carbonyl (C=O) groups is 1. The number of hydrogen-bond acceptors (Lipinski definition) is 7. The number of piperazine rings is 1. The van der Waals surface area contributed by atoms with E-state index < -0.39 is 0 Å². The molecule has 0 bridgehead atoms. The Morgan fingerprint density at radius 3 is 2.67 bits per heavy atom. The number of piperidine rings is 1. The van der Waals surface area contributed by atoms with Gasteiger partial charge in [0.15, 0.2) is 5.16 Å². The summed E-state index contributed by atoms with van der Waals surface area (Å²) in [6, 6.07) is 7.97. The molecule has 2 aromatic rings. The van der Waals surface area contributed by atoms with E-state index >= 15 is 0 Å². The van der Waals surface area contributed by atoms with Crippen LogP contribution in [0.4, 0.5) is 11.6 Å². The molecule has 0 N–H and O–H groups in total. The summed E-state index contributed by atoms with van der Waals surface area (Å²) in [6.45, 7) is 5.28. The Kier molecular flexibility index (Phi) is 7.04. The molecular weight excluding hydrogens is 396 g/mol. The Morgan fingerprint density at radius 1 is 1.03 bits per heavy atom. The Bertz CT molecular complexity index is 827. The molecular formula is C22H30N6OS. The maximum absolute atomic E-state index is 12.8. The first-order valence-electron chi connectivity index (χ1n) is 10.8. The summed E-state index contributed by atoms with van der Waals surface area (Å²) in [4.78, 5) is 32.7. The van der Waals surface area contributed by atoms with Gasteiger partial charge in [-0.3, -0.25) is 4.79 Å². The minimum Gasteiger partial charge on any atom is -0.356 e. The van der Waals surface area contributed by atoms with Crippen molar-refractivity contribution in [3.8, 4) is 0 Å². The highest BCUT2D eigenvalue weighted by Crippen LogP contribution is 2.26. The second-order valence-corrected chi connectivity index (χ2v) is 8.72. The van der Waals surface area contributed by atoms with Crippen molar-refractivity contribution in [3.05, 3.63) is 36.7 Å². The first kappa shape index (κ1) is 20.9. The van der Waals surface area contributed by atoms with E-state index in [1.165, 1.54) is 6.42 Å². The van der Waals surface area contributed by atoms with E-state index in [9.17, 15) is 4.79 Å². The highest BCUT2D eigenvalue weighted by atomic mass is 32.2. The first-order chi connectivity index (χ1) is 14.7. The molecule has 7 nitrogen and oxygen atoms in total. The maximum atomic E-state index is 12.8. The van der Waals surface area contributed by atoms with E-state index in [0.717, 1.165) is 68.9 Å². The number of aromatic nitrogens is 3. The molecule has 2 aromatic heterocycles. The van der Waals surface area contributed by atoms with E-state index in [1.807, 2.05) is 47.8 Å². The Hall–Kier alpha value is -2.35. The molecule has 2 aliphatic heterocycles. The first-order valence-corrected chi connectivity index (χ1v) is 12.0. The van der Waals surface area contributed by atoms with Gasteiger partial charge in [0.2, 0.25) is 5.91 Å². The predicted octanol–water partition coefficient (Wildman–Crippen LogP) is 2.94. The predicted molar refractivity (Wildman–Crippen MR) is 121 cm³/mol. The van der Waals surface area contributed by atoms with Crippen LogP contribution in [0.15, 0.2) is 41.8 Å². The minimum atomic E-state index is 0.291. The van der Waals surface area contributed by atoms with Crippen molar-refractivity contribution in [3.63, 3.8) is 0 Å². The number of nitrogens with zero attached hydrogens (tertiary/aromatic N) is 6. The largest absolute Gasteiger partial charge is 0.356 e. The van der Waals surface area contributed by atoms with Crippen LogP contribution in [0.1, 0.15) is 25.7 Å². The minimum absolute atomic E-state index is 0.291. The molecule has 2 aliphatic rings. The number of thioether (sulfide) groups is 1. The molecule has 1 amide bonds. The van der Waals surface area contributed by atoms with Gasteiger partial charge in [0.25, 0.3) is 0 Å². The van der Waals surface area contributed by atoms with Crippen LogP contribution in [0.2, 0.25) is 0 Å². The number of carbonyl (C=O) groups excluding carboxylic acids is 1. The molecule has 0 spiro atoms. The van der Waals surface area contributed by atoms with Gasteiger partial charge in [0.05, 0.1) is 0 Å². The summed E-state index contributed by atoms with van der Waals surface area (Å²) >= 11 is 1.57. The second-order valence-electron chi connectivity index (χ2n) is 7.95. The van der Waals surface area contributed by atoms with Gasteiger partial charge in [-0.1, -0.05) is 17.8 Å². The molecule has 4 rings (SSSR count). The van der Waals surface area contributed by atoms with Gasteiger partial charge in [-0.15, -0.1) is 0 Å². The second kappa shape index (κ2) is 10.1. The summed E-state index contributed by atoms with van der Waals surface area (Å²) in [5.74, 6) is 2.85. The lowest BCUT2D eigenvalue weighted by Crippen LogP contribution is -2.49. The molecule has 1 atom stereocenters. The SMILES string of the molecule is CSc1nccc(N2CCC[C@@H](CCC(=O)N3CCN(c4ccccn4)CC3)C2)n1. The summed E-state index contributed by atoms with van der Waals surface area (Å²) in [6.07, 6.45) is 9.60. The zero-order valence-corrected chi connectivity index (χ0v) is 18.4. The highest BCUT2D eigenvalue weighted by molar-refractivity contribution is 7.98. The van der Waals surface area contributed by atoms with Crippen LogP contribution in [0.3, 0.4) is 0 Å². The quantitative estimate of drug-likeness (QED) is 0.520. The van der Waals surface area contributed by atoms with Crippen molar-refractivity contribution in [2.45, 2.75) is 30.8 Å². The zero-order chi connectivity index (χ0) is 20.8. The maximum Gasteiger partial charge on any atom is 0.222 e. The number of anilines is 2. The molecule has 30 heavy (non-hydrogen) atoms. The molecule has 8 heteroatoms. The fraction of sp³-hybridized carbons (Fsp3) is 0.545. The Morgan fingerprint density at radius 2 is 1.90 bits per heavy atom. The zero-order valence-electron chi connectivity index (χ0n) is 17.6. The molecule has 2 fully saturated rings. The van der Waals surface area contributed by atoms with Crippen LogP contribution >= 0.6 is 11.8 Å². The van der Waals surface area contributed by atoms with Crippen LogP contribution in [0, 0.1) is 5.92 Å². The van der Waals surface area contributed by atoms with Gasteiger partial charge in [-0.05, 0) is 49.6 Å². The van der Waals surface area contributed by atoms with Crippen LogP contribution in [0.25, 0.3) is 0 Å². The van der Waals surface area contributed by atoms with Crippen LogP contribution in [0.5, 0.6) is 0 Å². The number of pyridine rings is 1. The molecule has 0 unspecified atom stereocenters. The summed E-state index contributed by atoms with van der Waals surface area (Å²) in [5.41, 5.74) is 0. The van der Waals surface area contributed by atoms with Crippen molar-refractivity contribution < 1.29 is 4.79 Å². The molecule has 160 valence electrons. The molecule has 0 aliphatic carbocycles. The van der Waals surface area contributed by atoms with Crippen LogP contribution in [-0.4, -0.2) is 71.3 Å². The number of hydrogen-bond donors (Lipinski definition) is 0. The summed E-state index contributed by atoms with van der Waals surface area (Å²) in [7, 11) is 0. The van der Waals surface area contributed by atoms with Crippen molar-refractivity contribution in [2.75, 3.05) is 55.3 Å². The number of rotatable bonds is 6. The third-order valence-corrected chi connectivity index (χ3v) is 6.58. The molecule has 0 saturated carbocycles. The van der Waals surface area contributed by atoms with Crippen molar-refractivity contribution >= 4 is 29.3 Å². The topological polar surface area (TPSA) is 65.5 Å². The van der Waals surface area contributed by atoms with Gasteiger partial charge in [-0.2, -0.15) is 0 Å². The number of amides is 1. The van der Waals surface area contributed by atoms with E-state index in [4.69, 9.17) is 0 Å². The molecule has 0 radical (unpaired) electrons. The van der Waals surface area contributed by atoms with Gasteiger partial charge in [-0.25, -0.2) is 15.0 Å². The average Bonchev–Trinajstić information content (AvgIpc) is 2.83. The lowest BCUT2D eigenvalue weighted by molar-refractivity contribution is -0.131. The fourth-order valence-corrected chi connectivity index (χ4v) is 4.68. The molecule has 2 saturated heterocycles. The van der Waals surface area contributed by atoms with Gasteiger partial charge in [0, 0.05) is 58.1 Å². The van der Waals surface area contributed by atoms with Gasteiger partial charge < -0.3 is 14.7 Å². The Labute approximate surface area is 182 Å². The smallest absolute Gasteiger partial charge is 0.222 e. The fourth-order valence-electron chi connectivity index (χ4n) is 4.33. The standard InChI is InChI=1S/C22H30N6OS/c1-30-22-24-11-9-20(25-22)28-12-4-5-18(17-28)7-8-21(29)27-15-13-26(14-16-27)19-6-2-3-10-23-19/h2-3,6,9-11,18H,4-5,7-8,12-17H2,1H3/t18-/m0/s1. The van der Waals surface area contributed by atoms with E-state index in [0.29, 0.717) is 18.2 Å². The molecule has 0 aromatic carbocycles. The summed E-state index contributed by atoms with van der Waals surface area (Å²) in [5, 5.41) is 0.814. The Balaban J connectivity index is 1.24. The van der Waals surface area contributed by atoms with E-state index in [-0.39, 0.29) is 0 Å². The molecule has 4 heterocycles. The van der Waals surface area contributed by atoms with Crippen molar-refractivity contribution in [1.29, 1.82) is 0 Å². The highest BCUT2D eigenvalue weighted by Gasteiger charge is 2.25.